The van der Waals surface area contributed by atoms with Crippen molar-refractivity contribution < 1.29 is 9.47 Å². The third-order valence-electron chi connectivity index (χ3n) is 5.60. The second kappa shape index (κ2) is 3.66. The highest BCUT2D eigenvalue weighted by Gasteiger charge is 2.45. The van der Waals surface area contributed by atoms with Gasteiger partial charge >= 0.3 is 0 Å². The number of ether oxygens (including phenoxy) is 2. The zero-order valence-corrected chi connectivity index (χ0v) is 11.1. The number of fused-ring (bicyclic) bond motifs is 3. The van der Waals surface area contributed by atoms with Crippen molar-refractivity contribution in [2.45, 2.75) is 44.2 Å². The molecule has 3 nitrogen and oxygen atoms in total. The van der Waals surface area contributed by atoms with Gasteiger partial charge in [-0.3, -0.25) is 4.90 Å². The van der Waals surface area contributed by atoms with Crippen molar-refractivity contribution in [3.8, 4) is 11.5 Å². The second-order valence-corrected chi connectivity index (χ2v) is 6.45. The molecule has 19 heavy (non-hydrogen) atoms. The summed E-state index contributed by atoms with van der Waals surface area (Å²) in [6, 6.07) is 5.32. The highest BCUT2D eigenvalue weighted by molar-refractivity contribution is 5.51. The van der Waals surface area contributed by atoms with Crippen molar-refractivity contribution in [2.75, 3.05) is 13.3 Å². The van der Waals surface area contributed by atoms with Crippen molar-refractivity contribution in [2.24, 2.45) is 5.92 Å². The number of benzene rings is 1. The van der Waals surface area contributed by atoms with Crippen molar-refractivity contribution >= 4 is 0 Å². The van der Waals surface area contributed by atoms with E-state index in [4.69, 9.17) is 9.47 Å². The minimum Gasteiger partial charge on any atom is -0.454 e. The fourth-order valence-corrected chi connectivity index (χ4v) is 4.84. The highest BCUT2D eigenvalue weighted by Crippen LogP contribution is 2.51. The number of nitrogens with zero attached hydrogens (tertiary/aromatic N) is 1. The van der Waals surface area contributed by atoms with Gasteiger partial charge in [0.25, 0.3) is 0 Å². The van der Waals surface area contributed by atoms with Crippen molar-refractivity contribution in [1.82, 2.24) is 4.90 Å². The van der Waals surface area contributed by atoms with E-state index in [-0.39, 0.29) is 0 Å². The van der Waals surface area contributed by atoms with Crippen LogP contribution in [-0.4, -0.2) is 24.3 Å². The largest absolute Gasteiger partial charge is 0.454 e. The minimum atomic E-state index is 0.388. The number of hydrogen-bond acceptors (Lipinski definition) is 3. The molecule has 3 heterocycles. The Kier molecular flexibility index (Phi) is 2.03. The molecule has 1 aliphatic carbocycles. The van der Waals surface area contributed by atoms with Gasteiger partial charge in [-0.1, -0.05) is 6.42 Å². The molecular formula is C16H19NO2. The maximum atomic E-state index is 5.58. The molecule has 3 atom stereocenters. The summed E-state index contributed by atoms with van der Waals surface area (Å²) in [6.45, 7) is 2.79. The Morgan fingerprint density at radius 2 is 1.95 bits per heavy atom. The van der Waals surface area contributed by atoms with Crippen LogP contribution in [0.15, 0.2) is 12.1 Å². The highest BCUT2D eigenvalue weighted by atomic mass is 16.7. The van der Waals surface area contributed by atoms with E-state index in [1.807, 2.05) is 0 Å². The van der Waals surface area contributed by atoms with Crippen LogP contribution in [0.1, 0.15) is 42.7 Å². The van der Waals surface area contributed by atoms with Crippen molar-refractivity contribution in [1.29, 1.82) is 0 Å². The molecular weight excluding hydrogens is 238 g/mol. The van der Waals surface area contributed by atoms with Crippen LogP contribution in [0.2, 0.25) is 0 Å². The van der Waals surface area contributed by atoms with Crippen LogP contribution < -0.4 is 9.47 Å². The lowest BCUT2D eigenvalue weighted by molar-refractivity contribution is 0.134. The summed E-state index contributed by atoms with van der Waals surface area (Å²) < 4.78 is 11.1. The molecule has 3 aliphatic heterocycles. The van der Waals surface area contributed by atoms with E-state index in [2.05, 4.69) is 17.0 Å². The van der Waals surface area contributed by atoms with E-state index in [1.165, 1.54) is 37.8 Å². The van der Waals surface area contributed by atoms with Gasteiger partial charge in [-0.2, -0.15) is 0 Å². The van der Waals surface area contributed by atoms with Gasteiger partial charge in [0.15, 0.2) is 11.5 Å². The molecule has 1 saturated heterocycles. The summed E-state index contributed by atoms with van der Waals surface area (Å²) in [6.07, 6.45) is 5.59. The summed E-state index contributed by atoms with van der Waals surface area (Å²) in [4.78, 5) is 2.72. The van der Waals surface area contributed by atoms with Crippen LogP contribution in [-0.2, 0) is 6.54 Å². The average molecular weight is 257 g/mol. The van der Waals surface area contributed by atoms with Crippen molar-refractivity contribution in [3.63, 3.8) is 0 Å². The SMILES string of the molecule is c1c2c(cc3c1OCO3)[C@H]1CCC[C@H]3CCN(C2)[C@@H]31. The van der Waals surface area contributed by atoms with Crippen LogP contribution in [0.25, 0.3) is 0 Å². The molecule has 0 amide bonds. The zero-order valence-electron chi connectivity index (χ0n) is 11.1. The minimum absolute atomic E-state index is 0.388. The van der Waals surface area contributed by atoms with Gasteiger partial charge in [0.2, 0.25) is 6.79 Å². The Balaban J connectivity index is 1.65. The first-order valence-corrected chi connectivity index (χ1v) is 7.56. The number of hydrogen-bond donors (Lipinski definition) is 0. The fourth-order valence-electron chi connectivity index (χ4n) is 4.84. The molecule has 1 aromatic carbocycles. The van der Waals surface area contributed by atoms with E-state index >= 15 is 0 Å². The molecule has 2 fully saturated rings. The van der Waals surface area contributed by atoms with Gasteiger partial charge in [-0.05, 0) is 55.0 Å². The van der Waals surface area contributed by atoms with E-state index in [9.17, 15) is 0 Å². The normalized spacial score (nSPS) is 35.1. The first-order chi connectivity index (χ1) is 9.40. The standard InChI is InChI=1S/C16H19NO2/c1-2-10-4-5-17-8-11-6-14-15(19-9-18-14)7-13(11)12(3-1)16(10)17/h6-7,10,12,16H,1-5,8-9H2/t10-,12+,16-/m0/s1. The van der Waals surface area contributed by atoms with Gasteiger partial charge in [-0.25, -0.2) is 0 Å². The predicted octanol–water partition coefficient (Wildman–Crippen LogP) is 2.89. The molecule has 1 aromatic rings. The fraction of sp³-hybridized carbons (Fsp3) is 0.625. The van der Waals surface area contributed by atoms with E-state index < -0.39 is 0 Å². The molecule has 0 bridgehead atoms. The molecule has 0 aromatic heterocycles. The lowest BCUT2D eigenvalue weighted by Crippen LogP contribution is -2.43. The Bertz CT molecular complexity index is 542. The quantitative estimate of drug-likeness (QED) is 0.713. The van der Waals surface area contributed by atoms with Crippen LogP contribution in [0.4, 0.5) is 0 Å². The first kappa shape index (κ1) is 10.6. The van der Waals surface area contributed by atoms with Gasteiger partial charge in [0.05, 0.1) is 0 Å². The third-order valence-corrected chi connectivity index (χ3v) is 5.60. The molecule has 3 heteroatoms. The lowest BCUT2D eigenvalue weighted by Gasteiger charge is -2.43. The smallest absolute Gasteiger partial charge is 0.231 e. The van der Waals surface area contributed by atoms with Crippen LogP contribution in [0, 0.1) is 5.92 Å². The molecule has 0 spiro atoms. The molecule has 5 rings (SSSR count). The Morgan fingerprint density at radius 3 is 2.89 bits per heavy atom. The van der Waals surface area contributed by atoms with Crippen molar-refractivity contribution in [3.05, 3.63) is 23.3 Å². The van der Waals surface area contributed by atoms with E-state index in [0.717, 1.165) is 35.9 Å². The van der Waals surface area contributed by atoms with Gasteiger partial charge in [0, 0.05) is 18.5 Å². The van der Waals surface area contributed by atoms with Gasteiger partial charge < -0.3 is 9.47 Å². The maximum Gasteiger partial charge on any atom is 0.231 e. The lowest BCUT2D eigenvalue weighted by atomic mass is 9.71. The predicted molar refractivity (Wildman–Crippen MR) is 71.5 cm³/mol. The van der Waals surface area contributed by atoms with Crippen LogP contribution in [0.5, 0.6) is 11.5 Å². The van der Waals surface area contributed by atoms with E-state index in [1.54, 1.807) is 5.56 Å². The summed E-state index contributed by atoms with van der Waals surface area (Å²) in [5.74, 6) is 3.59. The summed E-state index contributed by atoms with van der Waals surface area (Å²) in [7, 11) is 0. The summed E-state index contributed by atoms with van der Waals surface area (Å²) in [5, 5.41) is 0. The molecule has 1 saturated carbocycles. The molecule has 4 aliphatic rings. The summed E-state index contributed by atoms with van der Waals surface area (Å²) >= 11 is 0. The third kappa shape index (κ3) is 1.37. The Labute approximate surface area is 113 Å². The Morgan fingerprint density at radius 1 is 1.05 bits per heavy atom. The Hall–Kier alpha value is -1.22. The second-order valence-electron chi connectivity index (χ2n) is 6.45. The summed E-state index contributed by atoms with van der Waals surface area (Å²) in [5.41, 5.74) is 3.03. The number of rotatable bonds is 0. The van der Waals surface area contributed by atoms with Crippen LogP contribution in [0.3, 0.4) is 0 Å². The molecule has 0 N–H and O–H groups in total. The van der Waals surface area contributed by atoms with Gasteiger partial charge in [-0.15, -0.1) is 0 Å². The topological polar surface area (TPSA) is 21.7 Å². The molecule has 0 unspecified atom stereocenters. The zero-order chi connectivity index (χ0) is 12.4. The average Bonchev–Trinajstić information content (AvgIpc) is 3.05. The molecule has 0 radical (unpaired) electrons. The monoisotopic (exact) mass is 257 g/mol. The maximum absolute atomic E-state index is 5.58. The molecule has 100 valence electrons. The van der Waals surface area contributed by atoms with E-state index in [0.29, 0.717) is 6.79 Å². The van der Waals surface area contributed by atoms with Gasteiger partial charge in [0.1, 0.15) is 0 Å². The van der Waals surface area contributed by atoms with Crippen LogP contribution >= 0.6 is 0 Å². The first-order valence-electron chi connectivity index (χ1n) is 7.56.